The Morgan fingerprint density at radius 3 is 2.62 bits per heavy atom. The molecule has 0 aromatic heterocycles. The van der Waals surface area contributed by atoms with Crippen LogP contribution in [0, 0.1) is 11.5 Å². The van der Waals surface area contributed by atoms with Crippen LogP contribution in [-0.2, 0) is 4.74 Å². The lowest BCUT2D eigenvalue weighted by molar-refractivity contribution is 0.102. The van der Waals surface area contributed by atoms with Gasteiger partial charge in [-0.1, -0.05) is 36.8 Å². The molecule has 1 saturated carbocycles. The molecule has 2 rings (SSSR count). The fourth-order valence-corrected chi connectivity index (χ4v) is 2.46. The van der Waals surface area contributed by atoms with E-state index in [1.807, 2.05) is 6.07 Å². The topological polar surface area (TPSA) is 9.23 Å². The van der Waals surface area contributed by atoms with Crippen LogP contribution < -0.4 is 0 Å². The minimum absolute atomic E-state index is 0.197. The minimum Gasteiger partial charge on any atom is -0.442 e. The predicted octanol–water partition coefficient (Wildman–Crippen LogP) is 3.89. The first-order chi connectivity index (χ1) is 7.92. The van der Waals surface area contributed by atoms with E-state index >= 15 is 0 Å². The summed E-state index contributed by atoms with van der Waals surface area (Å²) in [5, 5.41) is 2.29. The standard InChI is InChI=1S/C14H15ClO/c15-10-11-16-14-9-5-4-8-13(14)12-6-2-1-3-7-12/h1-3,6-7,13-14H,4-5,8-9H2/t13-,14+/m1/s1. The van der Waals surface area contributed by atoms with Gasteiger partial charge in [-0.15, -0.1) is 0 Å². The zero-order valence-electron chi connectivity index (χ0n) is 9.16. The lowest BCUT2D eigenvalue weighted by Crippen LogP contribution is -2.24. The van der Waals surface area contributed by atoms with Crippen LogP contribution in [0.25, 0.3) is 0 Å². The van der Waals surface area contributed by atoms with Gasteiger partial charge in [-0.25, -0.2) is 0 Å². The average Bonchev–Trinajstić information content (AvgIpc) is 2.38. The highest BCUT2D eigenvalue weighted by atomic mass is 35.5. The second-order valence-corrected chi connectivity index (χ2v) is 4.34. The smallest absolute Gasteiger partial charge is 0.128 e. The van der Waals surface area contributed by atoms with Gasteiger partial charge in [0.15, 0.2) is 0 Å². The summed E-state index contributed by atoms with van der Waals surface area (Å²) in [6.07, 6.45) is 7.48. The van der Waals surface area contributed by atoms with Crippen molar-refractivity contribution in [3.63, 3.8) is 0 Å². The van der Waals surface area contributed by atoms with E-state index in [4.69, 9.17) is 16.3 Å². The Morgan fingerprint density at radius 1 is 1.12 bits per heavy atom. The van der Waals surface area contributed by atoms with Crippen molar-refractivity contribution in [2.75, 3.05) is 0 Å². The molecule has 1 aliphatic carbocycles. The van der Waals surface area contributed by atoms with E-state index in [9.17, 15) is 0 Å². The van der Waals surface area contributed by atoms with Gasteiger partial charge in [0.05, 0.1) is 0 Å². The molecule has 0 radical (unpaired) electrons. The van der Waals surface area contributed by atoms with Gasteiger partial charge in [-0.3, -0.25) is 0 Å². The molecule has 2 heteroatoms. The molecule has 0 heterocycles. The Bertz CT molecular complexity index is 377. The lowest BCUT2D eigenvalue weighted by Gasteiger charge is -2.29. The molecule has 2 atom stereocenters. The van der Waals surface area contributed by atoms with Crippen molar-refractivity contribution in [3.05, 3.63) is 35.9 Å². The van der Waals surface area contributed by atoms with Crippen LogP contribution in [0.2, 0.25) is 0 Å². The number of halogens is 1. The molecule has 84 valence electrons. The van der Waals surface area contributed by atoms with Gasteiger partial charge < -0.3 is 4.74 Å². The van der Waals surface area contributed by atoms with Gasteiger partial charge in [0.2, 0.25) is 0 Å². The minimum atomic E-state index is 0.197. The normalized spacial score (nSPS) is 24.3. The first kappa shape index (κ1) is 11.4. The Balaban J connectivity index is 2.12. The molecule has 0 spiro atoms. The summed E-state index contributed by atoms with van der Waals surface area (Å²) < 4.78 is 5.51. The van der Waals surface area contributed by atoms with Crippen LogP contribution in [0.3, 0.4) is 0 Å². The van der Waals surface area contributed by atoms with Crippen LogP contribution >= 0.6 is 11.6 Å². The maximum absolute atomic E-state index is 5.51. The molecule has 1 aromatic rings. The second-order valence-electron chi connectivity index (χ2n) is 4.15. The summed E-state index contributed by atoms with van der Waals surface area (Å²) in [6.45, 7) is 0. The number of hydrogen-bond acceptors (Lipinski definition) is 1. The Labute approximate surface area is 102 Å². The van der Waals surface area contributed by atoms with Gasteiger partial charge >= 0.3 is 0 Å². The van der Waals surface area contributed by atoms with Crippen LogP contribution in [0.1, 0.15) is 37.2 Å². The Hall–Kier alpha value is -1.13. The van der Waals surface area contributed by atoms with Crippen LogP contribution in [0.4, 0.5) is 0 Å². The van der Waals surface area contributed by atoms with E-state index in [1.54, 1.807) is 0 Å². The monoisotopic (exact) mass is 234 g/mol. The van der Waals surface area contributed by atoms with Crippen molar-refractivity contribution in [3.8, 4) is 11.5 Å². The van der Waals surface area contributed by atoms with Gasteiger partial charge in [0.25, 0.3) is 0 Å². The summed E-state index contributed by atoms with van der Waals surface area (Å²) >= 11 is 5.33. The van der Waals surface area contributed by atoms with Crippen molar-refractivity contribution in [1.82, 2.24) is 0 Å². The van der Waals surface area contributed by atoms with E-state index < -0.39 is 0 Å². The number of hydrogen-bond donors (Lipinski definition) is 0. The molecular weight excluding hydrogens is 220 g/mol. The van der Waals surface area contributed by atoms with E-state index in [0.717, 1.165) is 6.42 Å². The van der Waals surface area contributed by atoms with Crippen molar-refractivity contribution in [2.24, 2.45) is 0 Å². The summed E-state index contributed by atoms with van der Waals surface area (Å²) in [5.41, 5.74) is 1.35. The molecule has 16 heavy (non-hydrogen) atoms. The fourth-order valence-electron chi connectivity index (χ4n) is 2.42. The molecule has 0 saturated heterocycles. The first-order valence-electron chi connectivity index (χ1n) is 5.73. The molecule has 0 bridgehead atoms. The van der Waals surface area contributed by atoms with Gasteiger partial charge in [0.1, 0.15) is 12.2 Å². The number of benzene rings is 1. The molecule has 1 aromatic carbocycles. The average molecular weight is 235 g/mol. The fraction of sp³-hybridized carbons (Fsp3) is 0.429. The first-order valence-corrected chi connectivity index (χ1v) is 6.11. The lowest BCUT2D eigenvalue weighted by atomic mass is 9.82. The summed E-state index contributed by atoms with van der Waals surface area (Å²) in [4.78, 5) is 0. The van der Waals surface area contributed by atoms with Crippen LogP contribution in [0.15, 0.2) is 30.3 Å². The predicted molar refractivity (Wildman–Crippen MR) is 66.2 cm³/mol. The Kier molecular flexibility index (Phi) is 4.13. The molecule has 0 aliphatic heterocycles. The van der Waals surface area contributed by atoms with Crippen LogP contribution in [-0.4, -0.2) is 6.10 Å². The van der Waals surface area contributed by atoms with Crippen molar-refractivity contribution >= 4 is 11.6 Å². The molecule has 0 amide bonds. The maximum Gasteiger partial charge on any atom is 0.128 e. The third kappa shape index (κ3) is 2.71. The van der Waals surface area contributed by atoms with Crippen molar-refractivity contribution in [1.29, 1.82) is 0 Å². The molecule has 1 aliphatic rings. The third-order valence-corrected chi connectivity index (χ3v) is 3.26. The molecular formula is C14H15ClO. The highest BCUT2D eigenvalue weighted by Gasteiger charge is 2.27. The quantitative estimate of drug-likeness (QED) is 0.706. The van der Waals surface area contributed by atoms with E-state index in [0.29, 0.717) is 5.92 Å². The SMILES string of the molecule is ClC#CO[C@H]1CCCC[C@@H]1c1ccccc1. The second kappa shape index (κ2) is 5.82. The number of rotatable bonds is 2. The summed E-state index contributed by atoms with van der Waals surface area (Å²) in [6, 6.07) is 10.5. The van der Waals surface area contributed by atoms with E-state index in [2.05, 4.69) is 35.8 Å². The molecule has 0 unspecified atom stereocenters. The van der Waals surface area contributed by atoms with Gasteiger partial charge in [0, 0.05) is 11.3 Å². The van der Waals surface area contributed by atoms with E-state index in [1.165, 1.54) is 24.8 Å². The zero-order chi connectivity index (χ0) is 11.2. The van der Waals surface area contributed by atoms with Gasteiger partial charge in [-0.2, -0.15) is 0 Å². The molecule has 1 fully saturated rings. The third-order valence-electron chi connectivity index (χ3n) is 3.18. The molecule has 0 N–H and O–H groups in total. The van der Waals surface area contributed by atoms with Crippen molar-refractivity contribution in [2.45, 2.75) is 37.7 Å². The zero-order valence-corrected chi connectivity index (χ0v) is 9.91. The van der Waals surface area contributed by atoms with E-state index in [-0.39, 0.29) is 6.10 Å². The van der Waals surface area contributed by atoms with Crippen molar-refractivity contribution < 1.29 is 4.74 Å². The highest BCUT2D eigenvalue weighted by molar-refractivity contribution is 6.30. The largest absolute Gasteiger partial charge is 0.442 e. The summed E-state index contributed by atoms with van der Waals surface area (Å²) in [5.74, 6) is 0.465. The van der Waals surface area contributed by atoms with Gasteiger partial charge in [-0.05, 0) is 36.4 Å². The van der Waals surface area contributed by atoms with Crippen LogP contribution in [0.5, 0.6) is 0 Å². The maximum atomic E-state index is 5.51. The number of ether oxygens (including phenoxy) is 1. The Morgan fingerprint density at radius 2 is 1.88 bits per heavy atom. The highest BCUT2D eigenvalue weighted by Crippen LogP contribution is 2.34. The summed E-state index contributed by atoms with van der Waals surface area (Å²) in [7, 11) is 0. The molecule has 1 nitrogen and oxygen atoms in total.